The van der Waals surface area contributed by atoms with Crippen molar-refractivity contribution in [3.63, 3.8) is 0 Å². The molecule has 1 aromatic heterocycles. The molecule has 0 saturated carbocycles. The number of hydrogen-bond donors (Lipinski definition) is 2. The predicted molar refractivity (Wildman–Crippen MR) is 76.4 cm³/mol. The van der Waals surface area contributed by atoms with E-state index in [1.807, 2.05) is 10.7 Å². The molecule has 0 saturated heterocycles. The van der Waals surface area contributed by atoms with E-state index in [0.29, 0.717) is 0 Å². The van der Waals surface area contributed by atoms with E-state index in [1.54, 1.807) is 6.33 Å². The molecular formula is C14H16N6. The van der Waals surface area contributed by atoms with Gasteiger partial charge in [-0.25, -0.2) is 4.68 Å². The quantitative estimate of drug-likeness (QED) is 0.824. The number of aromatic nitrogens is 3. The normalized spacial score (nSPS) is 30.8. The number of nitrogens with zero attached hydrogens (tertiary/aromatic N) is 4. The van der Waals surface area contributed by atoms with Crippen molar-refractivity contribution in [2.45, 2.75) is 25.6 Å². The summed E-state index contributed by atoms with van der Waals surface area (Å²) in [5, 5.41) is 12.2. The van der Waals surface area contributed by atoms with Crippen LogP contribution >= 0.6 is 0 Å². The third kappa shape index (κ3) is 1.41. The van der Waals surface area contributed by atoms with E-state index in [9.17, 15) is 0 Å². The van der Waals surface area contributed by atoms with Gasteiger partial charge >= 0.3 is 0 Å². The Bertz CT molecular complexity index is 676. The van der Waals surface area contributed by atoms with Crippen LogP contribution in [0.4, 0.5) is 5.95 Å². The second kappa shape index (κ2) is 3.82. The molecule has 20 heavy (non-hydrogen) atoms. The molecule has 6 heteroatoms. The zero-order valence-electron chi connectivity index (χ0n) is 11.4. The Morgan fingerprint density at radius 3 is 2.85 bits per heavy atom. The SMILES string of the molecule is CC1=NN[C@]2(C)Nc3ncnn3C(c3ccccc3)[C@H]12. The lowest BCUT2D eigenvalue weighted by molar-refractivity contribution is 0.262. The number of rotatable bonds is 1. The van der Waals surface area contributed by atoms with Crippen LogP contribution < -0.4 is 10.7 Å². The van der Waals surface area contributed by atoms with Crippen molar-refractivity contribution in [3.05, 3.63) is 42.2 Å². The minimum Gasteiger partial charge on any atom is -0.330 e. The molecule has 3 heterocycles. The van der Waals surface area contributed by atoms with Crippen LogP contribution in [-0.2, 0) is 0 Å². The Balaban J connectivity index is 1.92. The van der Waals surface area contributed by atoms with Crippen molar-refractivity contribution in [1.82, 2.24) is 20.2 Å². The predicted octanol–water partition coefficient (Wildman–Crippen LogP) is 1.60. The van der Waals surface area contributed by atoms with Crippen molar-refractivity contribution in [3.8, 4) is 0 Å². The Labute approximate surface area is 116 Å². The first kappa shape index (κ1) is 11.5. The smallest absolute Gasteiger partial charge is 0.223 e. The van der Waals surface area contributed by atoms with Crippen LogP contribution in [0.15, 0.2) is 41.8 Å². The van der Waals surface area contributed by atoms with Crippen molar-refractivity contribution in [2.24, 2.45) is 11.0 Å². The van der Waals surface area contributed by atoms with Gasteiger partial charge in [-0.1, -0.05) is 30.3 Å². The molecule has 0 amide bonds. The van der Waals surface area contributed by atoms with E-state index in [-0.39, 0.29) is 17.6 Å². The van der Waals surface area contributed by atoms with Gasteiger partial charge in [0.05, 0.1) is 12.0 Å². The van der Waals surface area contributed by atoms with Gasteiger partial charge in [0, 0.05) is 5.71 Å². The molecule has 1 aromatic carbocycles. The number of hydrazone groups is 1. The molecule has 1 unspecified atom stereocenters. The third-order valence-electron chi connectivity index (χ3n) is 4.20. The van der Waals surface area contributed by atoms with Crippen LogP contribution in [0.5, 0.6) is 0 Å². The lowest BCUT2D eigenvalue weighted by Gasteiger charge is -2.42. The molecule has 2 aromatic rings. The molecule has 0 fully saturated rings. The summed E-state index contributed by atoms with van der Waals surface area (Å²) < 4.78 is 1.95. The molecule has 2 N–H and O–H groups in total. The molecule has 2 aliphatic heterocycles. The van der Waals surface area contributed by atoms with Crippen LogP contribution in [0.25, 0.3) is 0 Å². The molecule has 102 valence electrons. The van der Waals surface area contributed by atoms with Gasteiger partial charge in [0.15, 0.2) is 0 Å². The van der Waals surface area contributed by atoms with Crippen LogP contribution in [0.2, 0.25) is 0 Å². The molecule has 6 nitrogen and oxygen atoms in total. The number of fused-ring (bicyclic) bond motifs is 2. The molecule has 0 bridgehead atoms. The second-order valence-electron chi connectivity index (χ2n) is 5.55. The molecule has 4 rings (SSSR count). The average molecular weight is 268 g/mol. The standard InChI is InChI=1S/C14H16N6/c1-9-11-12(10-6-4-3-5-7-10)20-13(15-8-16-20)17-14(11,2)19-18-9/h3-8,11-12,19H,1-2H3,(H,15,16,17)/t11-,12?,14-/m0/s1. The number of benzene rings is 1. The van der Waals surface area contributed by atoms with E-state index in [2.05, 4.69) is 64.0 Å². The monoisotopic (exact) mass is 268 g/mol. The molecular weight excluding hydrogens is 252 g/mol. The largest absolute Gasteiger partial charge is 0.330 e. The van der Waals surface area contributed by atoms with Gasteiger partial charge in [0.2, 0.25) is 5.95 Å². The lowest BCUT2D eigenvalue weighted by atomic mass is 9.80. The van der Waals surface area contributed by atoms with E-state index in [1.165, 1.54) is 5.56 Å². The summed E-state index contributed by atoms with van der Waals surface area (Å²) in [6, 6.07) is 10.5. The minimum atomic E-state index is -0.326. The Hall–Kier alpha value is -2.37. The maximum absolute atomic E-state index is 4.43. The highest BCUT2D eigenvalue weighted by Crippen LogP contribution is 2.42. The molecule has 0 radical (unpaired) electrons. The average Bonchev–Trinajstić information content (AvgIpc) is 3.02. The van der Waals surface area contributed by atoms with Crippen molar-refractivity contribution >= 4 is 11.7 Å². The van der Waals surface area contributed by atoms with Crippen molar-refractivity contribution < 1.29 is 0 Å². The van der Waals surface area contributed by atoms with E-state index < -0.39 is 0 Å². The van der Waals surface area contributed by atoms with Gasteiger partial charge in [-0.15, -0.1) is 0 Å². The van der Waals surface area contributed by atoms with Crippen molar-refractivity contribution in [1.29, 1.82) is 0 Å². The first-order valence-corrected chi connectivity index (χ1v) is 6.73. The topological polar surface area (TPSA) is 67.1 Å². The van der Waals surface area contributed by atoms with Gasteiger partial charge in [0.25, 0.3) is 0 Å². The van der Waals surface area contributed by atoms with E-state index >= 15 is 0 Å². The highest BCUT2D eigenvalue weighted by molar-refractivity contribution is 5.89. The summed E-state index contributed by atoms with van der Waals surface area (Å²) in [6.45, 7) is 4.17. The fourth-order valence-electron chi connectivity index (χ4n) is 3.31. The van der Waals surface area contributed by atoms with Crippen LogP contribution in [0.3, 0.4) is 0 Å². The Kier molecular flexibility index (Phi) is 2.19. The Morgan fingerprint density at radius 1 is 1.25 bits per heavy atom. The summed E-state index contributed by atoms with van der Waals surface area (Å²) in [6.07, 6.45) is 1.59. The summed E-state index contributed by atoms with van der Waals surface area (Å²) >= 11 is 0. The zero-order chi connectivity index (χ0) is 13.7. The highest BCUT2D eigenvalue weighted by Gasteiger charge is 2.51. The van der Waals surface area contributed by atoms with E-state index in [0.717, 1.165) is 11.7 Å². The third-order valence-corrected chi connectivity index (χ3v) is 4.20. The summed E-state index contributed by atoms with van der Waals surface area (Å²) in [5.74, 6) is 0.967. The first-order valence-electron chi connectivity index (χ1n) is 6.73. The number of hydrogen-bond acceptors (Lipinski definition) is 5. The molecule has 0 spiro atoms. The zero-order valence-corrected chi connectivity index (χ0v) is 11.4. The minimum absolute atomic E-state index is 0.0960. The fourth-order valence-corrected chi connectivity index (χ4v) is 3.31. The maximum Gasteiger partial charge on any atom is 0.223 e. The summed E-state index contributed by atoms with van der Waals surface area (Å²) in [4.78, 5) is 4.31. The van der Waals surface area contributed by atoms with Crippen LogP contribution in [0, 0.1) is 5.92 Å². The molecule has 2 aliphatic rings. The van der Waals surface area contributed by atoms with Crippen molar-refractivity contribution in [2.75, 3.05) is 5.32 Å². The van der Waals surface area contributed by atoms with E-state index in [4.69, 9.17) is 0 Å². The Morgan fingerprint density at radius 2 is 2.05 bits per heavy atom. The van der Waals surface area contributed by atoms with Crippen LogP contribution in [0.1, 0.15) is 25.5 Å². The summed E-state index contributed by atoms with van der Waals surface area (Å²) in [7, 11) is 0. The maximum atomic E-state index is 4.43. The highest BCUT2D eigenvalue weighted by atomic mass is 15.5. The first-order chi connectivity index (χ1) is 9.69. The number of nitrogens with one attached hydrogen (secondary N) is 2. The fraction of sp³-hybridized carbons (Fsp3) is 0.357. The number of anilines is 1. The van der Waals surface area contributed by atoms with Gasteiger partial charge in [0.1, 0.15) is 12.0 Å². The molecule has 0 aliphatic carbocycles. The second-order valence-corrected chi connectivity index (χ2v) is 5.55. The van der Waals surface area contributed by atoms with Gasteiger partial charge in [-0.3, -0.25) is 5.43 Å². The van der Waals surface area contributed by atoms with Gasteiger partial charge in [-0.05, 0) is 19.4 Å². The van der Waals surface area contributed by atoms with Gasteiger partial charge < -0.3 is 5.32 Å². The molecule has 3 atom stereocenters. The van der Waals surface area contributed by atoms with Crippen LogP contribution in [-0.4, -0.2) is 26.1 Å². The van der Waals surface area contributed by atoms with Gasteiger partial charge in [-0.2, -0.15) is 15.2 Å². The summed E-state index contributed by atoms with van der Waals surface area (Å²) in [5.41, 5.74) is 5.18. The lowest BCUT2D eigenvalue weighted by Crippen LogP contribution is -2.57.